The van der Waals surface area contributed by atoms with Crippen LogP contribution in [0.15, 0.2) is 46.3 Å². The quantitative estimate of drug-likeness (QED) is 0.758. The van der Waals surface area contributed by atoms with Crippen LogP contribution in [0.5, 0.6) is 0 Å². The molecule has 0 radical (unpaired) electrons. The van der Waals surface area contributed by atoms with E-state index in [1.54, 1.807) is 6.33 Å². The number of hydrogen-bond donors (Lipinski definition) is 0. The number of nitrogens with zero attached hydrogens (tertiary/aromatic N) is 4. The summed E-state index contributed by atoms with van der Waals surface area (Å²) in [4.78, 5) is 23.2. The second-order valence-electron chi connectivity index (χ2n) is 5.89. The summed E-state index contributed by atoms with van der Waals surface area (Å²) in [5, 5.41) is 0. The van der Waals surface area contributed by atoms with E-state index in [0.717, 1.165) is 40.1 Å². The van der Waals surface area contributed by atoms with Gasteiger partial charge in [-0.25, -0.2) is 4.98 Å². The third-order valence-corrected chi connectivity index (χ3v) is 5.22. The van der Waals surface area contributed by atoms with Gasteiger partial charge in [0.25, 0.3) is 0 Å². The van der Waals surface area contributed by atoms with Gasteiger partial charge < -0.3 is 4.90 Å². The number of carbonyl (C=O) groups excluding carboxylic acids is 1. The Hall–Kier alpha value is -2.21. The highest BCUT2D eigenvalue weighted by molar-refractivity contribution is 9.10. The Morgan fingerprint density at radius 2 is 2.21 bits per heavy atom. The van der Waals surface area contributed by atoms with E-state index in [2.05, 4.69) is 38.9 Å². The summed E-state index contributed by atoms with van der Waals surface area (Å²) in [5.41, 5.74) is 4.27. The Morgan fingerprint density at radius 3 is 3.00 bits per heavy atom. The van der Waals surface area contributed by atoms with Gasteiger partial charge in [-0.05, 0) is 24.5 Å². The molecular formula is C18H17BrN4O. The Morgan fingerprint density at radius 1 is 1.33 bits per heavy atom. The number of hydrogen-bond acceptors (Lipinski definition) is 3. The van der Waals surface area contributed by atoms with Gasteiger partial charge in [-0.1, -0.05) is 35.0 Å². The first kappa shape index (κ1) is 15.3. The maximum Gasteiger partial charge on any atom is 0.248 e. The second kappa shape index (κ2) is 6.02. The number of allylic oxidation sites excluding steroid dienone is 1. The van der Waals surface area contributed by atoms with Crippen LogP contribution in [-0.2, 0) is 17.6 Å². The van der Waals surface area contributed by atoms with Crippen LogP contribution >= 0.6 is 15.9 Å². The Bertz CT molecular complexity index is 881. The number of aryl methyl sites for hydroxylation is 1. The smallest absolute Gasteiger partial charge is 0.248 e. The Labute approximate surface area is 148 Å². The molecule has 24 heavy (non-hydrogen) atoms. The molecule has 2 aliphatic rings. The molecule has 4 rings (SSSR count). The van der Waals surface area contributed by atoms with Gasteiger partial charge in [0.1, 0.15) is 18.7 Å². The number of halogens is 1. The fourth-order valence-electron chi connectivity index (χ4n) is 3.19. The van der Waals surface area contributed by atoms with Crippen LogP contribution in [0.3, 0.4) is 0 Å². The van der Waals surface area contributed by atoms with Gasteiger partial charge in [-0.2, -0.15) is 0 Å². The van der Waals surface area contributed by atoms with Gasteiger partial charge >= 0.3 is 0 Å². The molecule has 0 N–H and O–H groups in total. The standard InChI is InChI=1S/C18H17BrN4O/c1-2-12-10-22(11-21-12)17-8-16-14-4-3-5-15(19)13(14)6-7-23(16)18(24)9-20-17/h3-5,8,10-11H,2,6-7,9H2,1H3. The van der Waals surface area contributed by atoms with E-state index in [1.807, 2.05) is 33.9 Å². The van der Waals surface area contributed by atoms with Crippen molar-refractivity contribution in [2.45, 2.75) is 19.8 Å². The van der Waals surface area contributed by atoms with Crippen molar-refractivity contribution in [1.82, 2.24) is 14.5 Å². The minimum atomic E-state index is 0.0395. The van der Waals surface area contributed by atoms with Crippen molar-refractivity contribution in [2.24, 2.45) is 4.99 Å². The highest BCUT2D eigenvalue weighted by Gasteiger charge is 2.29. The van der Waals surface area contributed by atoms with E-state index < -0.39 is 0 Å². The fraction of sp³-hybridized carbons (Fsp3) is 0.278. The molecule has 122 valence electrons. The van der Waals surface area contributed by atoms with Gasteiger partial charge in [-0.15, -0.1) is 0 Å². The molecule has 0 fully saturated rings. The van der Waals surface area contributed by atoms with Gasteiger partial charge in [-0.3, -0.25) is 14.4 Å². The summed E-state index contributed by atoms with van der Waals surface area (Å²) < 4.78 is 2.99. The van der Waals surface area contributed by atoms with Crippen molar-refractivity contribution in [3.05, 3.63) is 58.1 Å². The Balaban J connectivity index is 1.84. The third-order valence-electron chi connectivity index (χ3n) is 4.48. The molecule has 0 saturated heterocycles. The topological polar surface area (TPSA) is 50.5 Å². The average Bonchev–Trinajstić information content (AvgIpc) is 3.01. The van der Waals surface area contributed by atoms with E-state index in [-0.39, 0.29) is 12.5 Å². The first-order chi connectivity index (χ1) is 11.7. The minimum Gasteiger partial charge on any atom is -0.310 e. The van der Waals surface area contributed by atoms with Crippen LogP contribution in [-0.4, -0.2) is 39.3 Å². The number of amides is 1. The van der Waals surface area contributed by atoms with E-state index >= 15 is 0 Å². The molecule has 1 aromatic carbocycles. The van der Waals surface area contributed by atoms with Crippen LogP contribution in [0.2, 0.25) is 0 Å². The molecule has 3 heterocycles. The van der Waals surface area contributed by atoms with E-state index in [0.29, 0.717) is 6.54 Å². The highest BCUT2D eigenvalue weighted by atomic mass is 79.9. The molecule has 1 amide bonds. The van der Waals surface area contributed by atoms with Gasteiger partial charge in [0.05, 0.1) is 11.4 Å². The summed E-state index contributed by atoms with van der Waals surface area (Å²) in [7, 11) is 0. The maximum absolute atomic E-state index is 12.5. The van der Waals surface area contributed by atoms with Crippen LogP contribution in [0.1, 0.15) is 23.7 Å². The van der Waals surface area contributed by atoms with E-state index in [9.17, 15) is 4.79 Å². The molecule has 0 atom stereocenters. The largest absolute Gasteiger partial charge is 0.310 e. The first-order valence-electron chi connectivity index (χ1n) is 8.05. The van der Waals surface area contributed by atoms with Gasteiger partial charge in [0, 0.05) is 28.9 Å². The fourth-order valence-corrected chi connectivity index (χ4v) is 3.75. The normalized spacial score (nSPS) is 16.9. The summed E-state index contributed by atoms with van der Waals surface area (Å²) in [6, 6.07) is 6.12. The number of aliphatic imine (C=N–C) groups is 1. The average molecular weight is 385 g/mol. The van der Waals surface area contributed by atoms with Crippen molar-refractivity contribution in [2.75, 3.05) is 13.1 Å². The Kier molecular flexibility index (Phi) is 3.84. The molecule has 2 aromatic rings. The summed E-state index contributed by atoms with van der Waals surface area (Å²) in [6.45, 7) is 2.92. The lowest BCUT2D eigenvalue weighted by molar-refractivity contribution is -0.126. The van der Waals surface area contributed by atoms with Crippen molar-refractivity contribution >= 4 is 33.4 Å². The lowest BCUT2D eigenvalue weighted by atomic mass is 9.96. The van der Waals surface area contributed by atoms with Crippen molar-refractivity contribution in [1.29, 1.82) is 0 Å². The van der Waals surface area contributed by atoms with Crippen LogP contribution in [0.25, 0.3) is 5.70 Å². The molecule has 5 nitrogen and oxygen atoms in total. The van der Waals surface area contributed by atoms with Crippen molar-refractivity contribution in [3.63, 3.8) is 0 Å². The molecule has 6 heteroatoms. The summed E-state index contributed by atoms with van der Waals surface area (Å²) >= 11 is 3.63. The summed E-state index contributed by atoms with van der Waals surface area (Å²) in [5.74, 6) is 0.790. The van der Waals surface area contributed by atoms with Crippen LogP contribution in [0.4, 0.5) is 0 Å². The lowest BCUT2D eigenvalue weighted by Gasteiger charge is -2.31. The van der Waals surface area contributed by atoms with Crippen LogP contribution < -0.4 is 0 Å². The zero-order valence-electron chi connectivity index (χ0n) is 13.4. The maximum atomic E-state index is 12.5. The number of carbonyl (C=O) groups is 1. The zero-order chi connectivity index (χ0) is 16.7. The number of rotatable bonds is 1. The number of aromatic nitrogens is 2. The van der Waals surface area contributed by atoms with Gasteiger partial charge in [0.2, 0.25) is 5.91 Å². The SMILES string of the molecule is CCc1cn(C2=NCC(=O)N3CCc4c(Br)cccc4C3=C2)cn1. The van der Waals surface area contributed by atoms with Gasteiger partial charge in [0.15, 0.2) is 0 Å². The minimum absolute atomic E-state index is 0.0395. The molecule has 0 saturated carbocycles. The first-order valence-corrected chi connectivity index (χ1v) is 8.84. The molecule has 0 bridgehead atoms. The van der Waals surface area contributed by atoms with E-state index in [1.165, 1.54) is 5.56 Å². The molecular weight excluding hydrogens is 368 g/mol. The third kappa shape index (κ3) is 2.51. The van der Waals surface area contributed by atoms with Crippen molar-refractivity contribution < 1.29 is 4.79 Å². The number of benzene rings is 1. The molecule has 1 aromatic heterocycles. The highest BCUT2D eigenvalue weighted by Crippen LogP contribution is 2.34. The predicted molar refractivity (Wildman–Crippen MR) is 96.8 cm³/mol. The second-order valence-corrected chi connectivity index (χ2v) is 6.75. The molecule has 0 unspecified atom stereocenters. The lowest BCUT2D eigenvalue weighted by Crippen LogP contribution is -2.35. The predicted octanol–water partition coefficient (Wildman–Crippen LogP) is 2.89. The molecule has 2 aliphatic heterocycles. The number of imidazole rings is 1. The molecule has 0 aliphatic carbocycles. The monoisotopic (exact) mass is 384 g/mol. The number of fused-ring (bicyclic) bond motifs is 3. The van der Waals surface area contributed by atoms with Crippen LogP contribution in [0, 0.1) is 0 Å². The summed E-state index contributed by atoms with van der Waals surface area (Å²) in [6.07, 6.45) is 7.45. The van der Waals surface area contributed by atoms with E-state index in [4.69, 9.17) is 0 Å². The zero-order valence-corrected chi connectivity index (χ0v) is 15.0. The van der Waals surface area contributed by atoms with Crippen molar-refractivity contribution in [3.8, 4) is 0 Å². The molecule has 0 spiro atoms.